The van der Waals surface area contributed by atoms with E-state index in [0.717, 1.165) is 86.3 Å². The number of ether oxygens (including phenoxy) is 1. The Hall–Kier alpha value is -3.33. The molecule has 3 aromatic rings. The van der Waals surface area contributed by atoms with Crippen molar-refractivity contribution in [1.82, 2.24) is 14.7 Å². The molecule has 2 aliphatic rings. The van der Waals surface area contributed by atoms with E-state index in [1.54, 1.807) is 6.07 Å². The number of piperidine rings is 1. The number of quaternary nitrogens is 1. The van der Waals surface area contributed by atoms with Gasteiger partial charge in [0, 0.05) is 60.9 Å². The Morgan fingerprint density at radius 2 is 2.05 bits per heavy atom. The summed E-state index contributed by atoms with van der Waals surface area (Å²) >= 11 is 0. The third kappa shape index (κ3) is 6.35. The smallest absolute Gasteiger partial charge is 0.313 e. The van der Waals surface area contributed by atoms with Crippen LogP contribution in [-0.2, 0) is 28.9 Å². The van der Waals surface area contributed by atoms with Crippen LogP contribution >= 0.6 is 0 Å². The van der Waals surface area contributed by atoms with Crippen molar-refractivity contribution < 1.29 is 22.9 Å². The van der Waals surface area contributed by atoms with E-state index < -0.39 is 0 Å². The number of benzene rings is 1. The van der Waals surface area contributed by atoms with Crippen molar-refractivity contribution >= 4 is 16.9 Å². The highest BCUT2D eigenvalue weighted by atomic mass is 19.1. The van der Waals surface area contributed by atoms with E-state index in [4.69, 9.17) is 14.2 Å². The highest BCUT2D eigenvalue weighted by Gasteiger charge is 2.37. The molecule has 0 unspecified atom stereocenters. The Balaban J connectivity index is 0.00000370. The zero-order valence-corrected chi connectivity index (χ0v) is 24.0. The van der Waals surface area contributed by atoms with Crippen molar-refractivity contribution in [2.75, 3.05) is 26.4 Å². The molecule has 1 aromatic carbocycles. The summed E-state index contributed by atoms with van der Waals surface area (Å²) in [5.41, 5.74) is 2.97. The number of carbonyl (C=O) groups is 1. The van der Waals surface area contributed by atoms with Crippen LogP contribution in [0.3, 0.4) is 0 Å². The van der Waals surface area contributed by atoms with Gasteiger partial charge in [-0.15, -0.1) is 0 Å². The summed E-state index contributed by atoms with van der Waals surface area (Å²) in [5, 5.41) is 5.13. The minimum atomic E-state index is -0.344. The highest BCUT2D eigenvalue weighted by Crippen LogP contribution is 2.35. The number of allylic oxidation sites excluding steroid dienone is 1. The Bertz CT molecular complexity index is 1420. The summed E-state index contributed by atoms with van der Waals surface area (Å²) in [6.45, 7) is 7.20. The molecule has 0 amide bonds. The molecule has 0 spiro atoms. The predicted molar refractivity (Wildman–Crippen MR) is 152 cm³/mol. The number of hydrogen-bond acceptors (Lipinski definition) is 6. The fourth-order valence-corrected chi connectivity index (χ4v) is 6.01. The second-order valence-corrected chi connectivity index (χ2v) is 11.0. The van der Waals surface area contributed by atoms with Crippen molar-refractivity contribution in [3.05, 3.63) is 76.7 Å². The van der Waals surface area contributed by atoms with Gasteiger partial charge in [0.25, 0.3) is 5.56 Å². The van der Waals surface area contributed by atoms with E-state index in [-0.39, 0.29) is 43.8 Å². The van der Waals surface area contributed by atoms with E-state index in [1.807, 2.05) is 30.6 Å². The van der Waals surface area contributed by atoms with Gasteiger partial charge in [-0.1, -0.05) is 24.2 Å². The van der Waals surface area contributed by atoms with Crippen LogP contribution in [0.5, 0.6) is 0 Å². The molecule has 1 fully saturated rings. The van der Waals surface area contributed by atoms with Gasteiger partial charge in [0.15, 0.2) is 5.58 Å². The maximum atomic E-state index is 13.6. The third-order valence-corrected chi connectivity index (χ3v) is 8.36. The summed E-state index contributed by atoms with van der Waals surface area (Å²) in [6.07, 6.45) is 10.1. The minimum absolute atomic E-state index is 0. The molecule has 0 radical (unpaired) electrons. The lowest BCUT2D eigenvalue weighted by molar-refractivity contribution is -0.948. The van der Waals surface area contributed by atoms with Crippen LogP contribution in [0.1, 0.15) is 74.1 Å². The first-order valence-corrected chi connectivity index (χ1v) is 14.2. The number of rotatable bonds is 9. The van der Waals surface area contributed by atoms with Crippen LogP contribution in [0.4, 0.5) is 4.39 Å². The van der Waals surface area contributed by atoms with Crippen LogP contribution in [-0.4, -0.2) is 51.5 Å². The van der Waals surface area contributed by atoms with Crippen LogP contribution in [0.2, 0.25) is 0 Å². The molecule has 9 heteroatoms. The monoisotopic (exact) mass is 552 g/mol. The lowest BCUT2D eigenvalue weighted by Crippen LogP contribution is -2.55. The summed E-state index contributed by atoms with van der Waals surface area (Å²) in [5.74, 6) is 0.480. The molecule has 40 heavy (non-hydrogen) atoms. The van der Waals surface area contributed by atoms with Crippen molar-refractivity contribution in [3.8, 4) is 0 Å². The van der Waals surface area contributed by atoms with Crippen LogP contribution in [0.15, 0.2) is 39.7 Å². The van der Waals surface area contributed by atoms with Gasteiger partial charge in [-0.25, -0.2) is 9.37 Å². The van der Waals surface area contributed by atoms with E-state index in [2.05, 4.69) is 5.16 Å². The molecule has 4 heterocycles. The quantitative estimate of drug-likeness (QED) is 0.153. The molecule has 2 aliphatic heterocycles. The maximum Gasteiger partial charge on any atom is 0.313 e. The summed E-state index contributed by atoms with van der Waals surface area (Å²) < 4.78 is 27.3. The number of hydrogen-bond donors (Lipinski definition) is 0. The van der Waals surface area contributed by atoms with Gasteiger partial charge in [-0.2, -0.15) is 0 Å². The number of aromatic nitrogens is 3. The fraction of sp³-hybridized carbons (Fsp3) is 0.516. The van der Waals surface area contributed by atoms with Gasteiger partial charge in [-0.05, 0) is 38.3 Å². The molecular weight excluding hydrogens is 511 g/mol. The van der Waals surface area contributed by atoms with E-state index in [0.29, 0.717) is 23.0 Å². The maximum absolute atomic E-state index is 13.6. The van der Waals surface area contributed by atoms with Gasteiger partial charge < -0.3 is 16.7 Å². The number of aryl methyl sites for hydroxylation is 2. The third-order valence-electron chi connectivity index (χ3n) is 8.36. The van der Waals surface area contributed by atoms with E-state index in [1.165, 1.54) is 12.1 Å². The lowest BCUT2D eigenvalue weighted by Gasteiger charge is -2.42. The molecule has 216 valence electrons. The van der Waals surface area contributed by atoms with E-state index >= 15 is 0 Å². The highest BCUT2D eigenvalue weighted by molar-refractivity contribution is 5.79. The molecule has 0 bridgehead atoms. The topological polar surface area (TPSA) is 87.2 Å². The van der Waals surface area contributed by atoms with Gasteiger partial charge in [0.1, 0.15) is 11.6 Å². The molecule has 0 N–H and O–H groups in total. The van der Waals surface area contributed by atoms with Crippen molar-refractivity contribution in [3.63, 3.8) is 0 Å². The van der Waals surface area contributed by atoms with Crippen molar-refractivity contribution in [2.24, 2.45) is 0 Å². The normalized spacial score (nSPS) is 20.8. The number of halogens is 1. The average molecular weight is 553 g/mol. The summed E-state index contributed by atoms with van der Waals surface area (Å²) in [4.78, 5) is 30.6. The van der Waals surface area contributed by atoms with Crippen LogP contribution in [0, 0.1) is 20.2 Å². The molecule has 8 nitrogen and oxygen atoms in total. The first-order valence-electron chi connectivity index (χ1n) is 14.2. The second-order valence-electron chi connectivity index (χ2n) is 11.0. The summed E-state index contributed by atoms with van der Waals surface area (Å²) in [6, 6.07) is 4.54. The molecule has 5 rings (SSSR count). The molecule has 0 atom stereocenters. The fourth-order valence-electron chi connectivity index (χ4n) is 6.01. The van der Waals surface area contributed by atoms with Gasteiger partial charge >= 0.3 is 5.97 Å². The molecule has 0 saturated carbocycles. The Morgan fingerprint density at radius 1 is 1.25 bits per heavy atom. The zero-order valence-electron chi connectivity index (χ0n) is 24.0. The molecule has 1 saturated heterocycles. The zero-order chi connectivity index (χ0) is 27.4. The number of likely N-dealkylation sites (tertiary alicyclic amines) is 1. The second kappa shape index (κ2) is 12.9. The van der Waals surface area contributed by atoms with Crippen LogP contribution in [0.25, 0.3) is 11.0 Å². The van der Waals surface area contributed by atoms with Gasteiger partial charge in [-0.3, -0.25) is 18.6 Å². The summed E-state index contributed by atoms with van der Waals surface area (Å²) in [7, 11) is 0. The molecular formula is C31H41FN4O4. The van der Waals surface area contributed by atoms with Gasteiger partial charge in [0.2, 0.25) is 6.73 Å². The first-order chi connectivity index (χ1) is 18.9. The average Bonchev–Trinajstić information content (AvgIpc) is 3.35. The minimum Gasteiger partial charge on any atom is -0.415 e. The van der Waals surface area contributed by atoms with Gasteiger partial charge in [0.05, 0.1) is 31.7 Å². The SMILES string of the molecule is CC/C=C/CC(=O)OC[N+]1(CCc2c(C)nc3n(c2=O)CCCC3)CCC(c2noc3cc(F)ccc23)CC1.[CH3-]. The Kier molecular flexibility index (Phi) is 9.56. The number of carbonyl (C=O) groups excluding carboxylic acids is 1. The number of esters is 1. The molecule has 0 aliphatic carbocycles. The van der Waals surface area contributed by atoms with Crippen molar-refractivity contribution in [2.45, 2.75) is 77.7 Å². The number of fused-ring (bicyclic) bond motifs is 2. The Morgan fingerprint density at radius 3 is 2.83 bits per heavy atom. The molecule has 2 aromatic heterocycles. The Labute approximate surface area is 235 Å². The largest absolute Gasteiger partial charge is 0.415 e. The van der Waals surface area contributed by atoms with E-state index in [9.17, 15) is 14.0 Å². The van der Waals surface area contributed by atoms with Crippen LogP contribution < -0.4 is 5.56 Å². The predicted octanol–water partition coefficient (Wildman–Crippen LogP) is 5.41. The lowest BCUT2D eigenvalue weighted by atomic mass is 9.90. The number of nitrogens with zero attached hydrogens (tertiary/aromatic N) is 4. The standard InChI is InChI=1S/C30H38FN4O4.CH3/c1-3-4-5-9-28(36)38-20-35(18-14-24-21(2)32-27-8-6-7-15-34(27)30(24)37)16-12-22(13-17-35)29-25-11-10-23(31)19-26(25)39-33-29;/h4-5,10-11,19,22H,3,6-9,12-18,20H2,1-2H3;1H3/q+1;-1/b5-4+;. The van der Waals surface area contributed by atoms with Crippen molar-refractivity contribution in [1.29, 1.82) is 0 Å². The first kappa shape index (κ1) is 29.6.